The maximum atomic E-state index is 12.0. The van der Waals surface area contributed by atoms with E-state index in [9.17, 15) is 9.90 Å². The van der Waals surface area contributed by atoms with E-state index in [1.807, 2.05) is 45.0 Å². The second-order valence-corrected chi connectivity index (χ2v) is 9.58. The van der Waals surface area contributed by atoms with Crippen LogP contribution in [0.2, 0.25) is 0 Å². The van der Waals surface area contributed by atoms with Crippen LogP contribution in [0.5, 0.6) is 11.8 Å². The molecule has 1 aromatic carbocycles. The van der Waals surface area contributed by atoms with Gasteiger partial charge in [0.15, 0.2) is 0 Å². The summed E-state index contributed by atoms with van der Waals surface area (Å²) in [6.07, 6.45) is 2.06. The van der Waals surface area contributed by atoms with Gasteiger partial charge < -0.3 is 29.4 Å². The van der Waals surface area contributed by atoms with Crippen molar-refractivity contribution in [2.75, 3.05) is 63.2 Å². The van der Waals surface area contributed by atoms with Gasteiger partial charge in [-0.3, -0.25) is 4.79 Å². The number of phenolic OH excluding ortho intramolecular Hbond substituents is 1. The summed E-state index contributed by atoms with van der Waals surface area (Å²) in [6.45, 7) is 12.3. The van der Waals surface area contributed by atoms with E-state index in [1.54, 1.807) is 6.07 Å². The minimum Gasteiger partial charge on any atom is -0.506 e. The van der Waals surface area contributed by atoms with E-state index in [0.29, 0.717) is 38.7 Å². The maximum absolute atomic E-state index is 12.0. The number of carbonyl (C=O) groups is 1. The van der Waals surface area contributed by atoms with Crippen molar-refractivity contribution in [2.45, 2.75) is 32.9 Å². The molecule has 2 aliphatic rings. The Hall–Kier alpha value is -3.33. The van der Waals surface area contributed by atoms with Crippen molar-refractivity contribution in [3.8, 4) is 11.8 Å². The number of anilines is 2. The fourth-order valence-electron chi connectivity index (χ4n) is 4.95. The van der Waals surface area contributed by atoms with Crippen LogP contribution in [-0.4, -0.2) is 90.2 Å². The SMILES string of the molecule is C=CC(=O)N1CCN(c2nc(O[C@H](C)CN(C)C)nc3c2CCN(c2c(C)cccc2O)C3)CC1. The van der Waals surface area contributed by atoms with E-state index in [-0.39, 0.29) is 17.8 Å². The molecule has 188 valence electrons. The molecule has 0 radical (unpaired) electrons. The molecule has 35 heavy (non-hydrogen) atoms. The lowest BCUT2D eigenvalue weighted by Crippen LogP contribution is -2.49. The van der Waals surface area contributed by atoms with Gasteiger partial charge in [0, 0.05) is 44.8 Å². The summed E-state index contributed by atoms with van der Waals surface area (Å²) in [7, 11) is 4.02. The maximum Gasteiger partial charge on any atom is 0.318 e. The summed E-state index contributed by atoms with van der Waals surface area (Å²) in [5, 5.41) is 10.5. The molecule has 3 heterocycles. The number of carbonyl (C=O) groups excluding carboxylic acids is 1. The smallest absolute Gasteiger partial charge is 0.318 e. The number of para-hydroxylation sites is 1. The van der Waals surface area contributed by atoms with Crippen molar-refractivity contribution in [3.63, 3.8) is 0 Å². The Kier molecular flexibility index (Phi) is 7.45. The number of nitrogens with zero attached hydrogens (tertiary/aromatic N) is 6. The number of hydrogen-bond acceptors (Lipinski definition) is 8. The lowest BCUT2D eigenvalue weighted by molar-refractivity contribution is -0.126. The third-order valence-electron chi connectivity index (χ3n) is 6.55. The number of benzene rings is 1. The monoisotopic (exact) mass is 480 g/mol. The molecular weight excluding hydrogens is 444 g/mol. The first-order chi connectivity index (χ1) is 16.8. The normalized spacial score (nSPS) is 16.8. The Morgan fingerprint density at radius 2 is 1.94 bits per heavy atom. The lowest BCUT2D eigenvalue weighted by Gasteiger charge is -2.38. The van der Waals surface area contributed by atoms with Gasteiger partial charge in [-0.05, 0) is 52.1 Å². The quantitative estimate of drug-likeness (QED) is 0.604. The van der Waals surface area contributed by atoms with Crippen molar-refractivity contribution in [1.29, 1.82) is 0 Å². The molecule has 1 saturated heterocycles. The predicted molar refractivity (Wildman–Crippen MR) is 137 cm³/mol. The van der Waals surface area contributed by atoms with E-state index in [0.717, 1.165) is 47.8 Å². The molecule has 2 aromatic rings. The van der Waals surface area contributed by atoms with Gasteiger partial charge in [-0.25, -0.2) is 0 Å². The zero-order valence-electron chi connectivity index (χ0n) is 21.2. The summed E-state index contributed by atoms with van der Waals surface area (Å²) in [5.74, 6) is 1.13. The first-order valence-corrected chi connectivity index (χ1v) is 12.2. The molecule has 1 atom stereocenters. The van der Waals surface area contributed by atoms with Crippen molar-refractivity contribution in [3.05, 3.63) is 47.7 Å². The standard InChI is InChI=1S/C26H36N6O3/c1-6-23(34)30-12-14-31(15-13-30)25-20-10-11-32(24-18(2)8-7-9-22(24)33)17-21(20)27-26(28-25)35-19(3)16-29(4)5/h6-9,19,33H,1,10-17H2,2-5H3/t19-/m1/s1. The first kappa shape index (κ1) is 24.8. The zero-order chi connectivity index (χ0) is 25.1. The number of ether oxygens (including phenoxy) is 1. The Bertz CT molecular complexity index is 1060. The molecule has 0 saturated carbocycles. The van der Waals surface area contributed by atoms with Crippen LogP contribution in [0.1, 0.15) is 23.7 Å². The number of aromatic nitrogens is 2. The van der Waals surface area contributed by atoms with E-state index >= 15 is 0 Å². The molecule has 1 aromatic heterocycles. The van der Waals surface area contributed by atoms with Crippen molar-refractivity contribution >= 4 is 17.4 Å². The van der Waals surface area contributed by atoms with Gasteiger partial charge in [-0.2, -0.15) is 9.97 Å². The lowest BCUT2D eigenvalue weighted by atomic mass is 10.0. The topological polar surface area (TPSA) is 85.3 Å². The van der Waals surface area contributed by atoms with Gasteiger partial charge in [0.1, 0.15) is 17.7 Å². The summed E-state index contributed by atoms with van der Waals surface area (Å²) < 4.78 is 6.15. The van der Waals surface area contributed by atoms with Crippen LogP contribution < -0.4 is 14.5 Å². The number of piperazine rings is 1. The molecule has 0 spiro atoms. The summed E-state index contributed by atoms with van der Waals surface area (Å²) in [6, 6.07) is 5.97. The Morgan fingerprint density at radius 3 is 2.60 bits per heavy atom. The Labute approximate surface area is 207 Å². The van der Waals surface area contributed by atoms with Crippen LogP contribution >= 0.6 is 0 Å². The van der Waals surface area contributed by atoms with Crippen LogP contribution in [0.3, 0.4) is 0 Å². The molecule has 1 N–H and O–H groups in total. The van der Waals surface area contributed by atoms with E-state index in [4.69, 9.17) is 14.7 Å². The summed E-state index contributed by atoms with van der Waals surface area (Å²) in [5.41, 5.74) is 3.91. The van der Waals surface area contributed by atoms with Crippen molar-refractivity contribution < 1.29 is 14.6 Å². The number of fused-ring (bicyclic) bond motifs is 1. The molecule has 0 bridgehead atoms. The van der Waals surface area contributed by atoms with Crippen LogP contribution in [0.25, 0.3) is 0 Å². The summed E-state index contributed by atoms with van der Waals surface area (Å²) >= 11 is 0. The number of phenols is 1. The van der Waals surface area contributed by atoms with Crippen LogP contribution in [0.4, 0.5) is 11.5 Å². The Balaban J connectivity index is 1.65. The van der Waals surface area contributed by atoms with Gasteiger partial charge in [0.25, 0.3) is 0 Å². The van der Waals surface area contributed by atoms with E-state index < -0.39 is 0 Å². The fourth-order valence-corrected chi connectivity index (χ4v) is 4.95. The number of aryl methyl sites for hydroxylation is 1. The number of amides is 1. The molecule has 0 aliphatic carbocycles. The van der Waals surface area contributed by atoms with Gasteiger partial charge in [-0.15, -0.1) is 0 Å². The summed E-state index contributed by atoms with van der Waals surface area (Å²) in [4.78, 5) is 30.0. The van der Waals surface area contributed by atoms with Crippen molar-refractivity contribution in [1.82, 2.24) is 19.8 Å². The largest absolute Gasteiger partial charge is 0.506 e. The number of aromatic hydroxyl groups is 1. The fraction of sp³-hybridized carbons (Fsp3) is 0.500. The van der Waals surface area contributed by atoms with Gasteiger partial charge in [-0.1, -0.05) is 18.7 Å². The first-order valence-electron chi connectivity index (χ1n) is 12.2. The molecule has 2 aliphatic heterocycles. The molecule has 4 rings (SSSR count). The zero-order valence-corrected chi connectivity index (χ0v) is 21.2. The number of likely N-dealkylation sites (N-methyl/N-ethyl adjacent to an activating group) is 1. The predicted octanol–water partition coefficient (Wildman–Crippen LogP) is 2.22. The third kappa shape index (κ3) is 5.51. The average molecular weight is 481 g/mol. The highest BCUT2D eigenvalue weighted by Crippen LogP contribution is 2.36. The Morgan fingerprint density at radius 1 is 1.20 bits per heavy atom. The van der Waals surface area contributed by atoms with Crippen molar-refractivity contribution in [2.24, 2.45) is 0 Å². The highest BCUT2D eigenvalue weighted by Gasteiger charge is 2.29. The van der Waals surface area contributed by atoms with Crippen LogP contribution in [0, 0.1) is 6.92 Å². The molecule has 1 fully saturated rings. The number of rotatable bonds is 7. The molecule has 1 amide bonds. The van der Waals surface area contributed by atoms with Gasteiger partial charge >= 0.3 is 6.01 Å². The highest BCUT2D eigenvalue weighted by atomic mass is 16.5. The van der Waals surface area contributed by atoms with E-state index in [2.05, 4.69) is 21.3 Å². The van der Waals surface area contributed by atoms with Crippen LogP contribution in [-0.2, 0) is 17.8 Å². The second-order valence-electron chi connectivity index (χ2n) is 9.58. The number of hydrogen-bond donors (Lipinski definition) is 1. The molecule has 9 nitrogen and oxygen atoms in total. The minimum atomic E-state index is -0.0712. The minimum absolute atomic E-state index is 0.0374. The highest BCUT2D eigenvalue weighted by molar-refractivity contribution is 5.87. The molecule has 9 heteroatoms. The van der Waals surface area contributed by atoms with Crippen LogP contribution in [0.15, 0.2) is 30.9 Å². The van der Waals surface area contributed by atoms with Gasteiger partial charge in [0.05, 0.1) is 17.9 Å². The average Bonchev–Trinajstić information content (AvgIpc) is 2.82. The second kappa shape index (κ2) is 10.5. The molecular formula is C26H36N6O3. The third-order valence-corrected chi connectivity index (χ3v) is 6.55. The van der Waals surface area contributed by atoms with Gasteiger partial charge in [0.2, 0.25) is 5.91 Å². The molecule has 0 unspecified atom stereocenters. The van der Waals surface area contributed by atoms with E-state index in [1.165, 1.54) is 6.08 Å².